The standard InChI is InChI=1S/C15H24ClNO/c1-13(2)8-10-18-11-9-17-12-15(16)14-6-4-3-5-7-14/h3-7,13,15,17H,8-12H2,1-2H3. The van der Waals surface area contributed by atoms with Gasteiger partial charge in [0.1, 0.15) is 0 Å². The molecule has 0 aliphatic heterocycles. The number of rotatable bonds is 9. The van der Waals surface area contributed by atoms with Gasteiger partial charge in [-0.2, -0.15) is 0 Å². The van der Waals surface area contributed by atoms with E-state index >= 15 is 0 Å². The molecule has 0 aromatic heterocycles. The Labute approximate surface area is 116 Å². The molecule has 1 aromatic rings. The molecule has 0 heterocycles. The molecule has 1 aromatic carbocycles. The quantitative estimate of drug-likeness (QED) is 0.546. The van der Waals surface area contributed by atoms with Gasteiger partial charge in [0.25, 0.3) is 0 Å². The number of halogens is 1. The highest BCUT2D eigenvalue weighted by Crippen LogP contribution is 2.18. The second-order valence-corrected chi connectivity index (χ2v) is 5.40. The summed E-state index contributed by atoms with van der Waals surface area (Å²) in [5, 5.41) is 3.34. The molecule has 1 atom stereocenters. The van der Waals surface area contributed by atoms with E-state index in [1.54, 1.807) is 0 Å². The van der Waals surface area contributed by atoms with E-state index in [0.29, 0.717) is 5.92 Å². The van der Waals surface area contributed by atoms with Gasteiger partial charge in [0, 0.05) is 19.7 Å². The molecule has 0 bridgehead atoms. The van der Waals surface area contributed by atoms with E-state index in [1.165, 1.54) is 0 Å². The summed E-state index contributed by atoms with van der Waals surface area (Å²) in [6.07, 6.45) is 1.13. The van der Waals surface area contributed by atoms with E-state index in [2.05, 4.69) is 31.3 Å². The van der Waals surface area contributed by atoms with Crippen molar-refractivity contribution in [3.63, 3.8) is 0 Å². The minimum absolute atomic E-state index is 0.0295. The molecule has 0 radical (unpaired) electrons. The van der Waals surface area contributed by atoms with Crippen LogP contribution in [-0.4, -0.2) is 26.3 Å². The third kappa shape index (κ3) is 7.00. The molecule has 1 rings (SSSR count). The Hall–Kier alpha value is -0.570. The lowest BCUT2D eigenvalue weighted by Crippen LogP contribution is -2.23. The van der Waals surface area contributed by atoms with Gasteiger partial charge < -0.3 is 10.1 Å². The molecule has 0 spiro atoms. The van der Waals surface area contributed by atoms with Crippen LogP contribution in [0.2, 0.25) is 0 Å². The number of benzene rings is 1. The number of alkyl halides is 1. The summed E-state index contributed by atoms with van der Waals surface area (Å²) in [5.41, 5.74) is 1.16. The van der Waals surface area contributed by atoms with Gasteiger partial charge in [-0.15, -0.1) is 11.6 Å². The molecule has 102 valence electrons. The predicted molar refractivity (Wildman–Crippen MR) is 78.2 cm³/mol. The third-order valence-electron chi connectivity index (χ3n) is 2.75. The van der Waals surface area contributed by atoms with Crippen molar-refractivity contribution in [2.45, 2.75) is 25.6 Å². The fraction of sp³-hybridized carbons (Fsp3) is 0.600. The molecule has 0 amide bonds. The molecule has 0 aliphatic carbocycles. The average Bonchev–Trinajstić information content (AvgIpc) is 2.38. The topological polar surface area (TPSA) is 21.3 Å². The summed E-state index contributed by atoms with van der Waals surface area (Å²) in [7, 11) is 0. The monoisotopic (exact) mass is 269 g/mol. The summed E-state index contributed by atoms with van der Waals surface area (Å²) in [6.45, 7) is 7.65. The van der Waals surface area contributed by atoms with Crippen molar-refractivity contribution in [1.82, 2.24) is 5.32 Å². The van der Waals surface area contributed by atoms with Crippen LogP contribution in [0.4, 0.5) is 0 Å². The van der Waals surface area contributed by atoms with Crippen LogP contribution in [0.5, 0.6) is 0 Å². The van der Waals surface area contributed by atoms with E-state index in [1.807, 2.05) is 18.2 Å². The maximum absolute atomic E-state index is 6.28. The first-order valence-electron chi connectivity index (χ1n) is 6.67. The average molecular weight is 270 g/mol. The Morgan fingerprint density at radius 3 is 2.56 bits per heavy atom. The largest absolute Gasteiger partial charge is 0.380 e. The van der Waals surface area contributed by atoms with E-state index in [4.69, 9.17) is 16.3 Å². The van der Waals surface area contributed by atoms with Crippen LogP contribution in [0.25, 0.3) is 0 Å². The van der Waals surface area contributed by atoms with Gasteiger partial charge in [-0.3, -0.25) is 0 Å². The molecular weight excluding hydrogens is 246 g/mol. The van der Waals surface area contributed by atoms with Gasteiger partial charge in [-0.05, 0) is 17.9 Å². The molecule has 3 heteroatoms. The van der Waals surface area contributed by atoms with Crippen LogP contribution in [-0.2, 0) is 4.74 Å². The van der Waals surface area contributed by atoms with Crippen molar-refractivity contribution < 1.29 is 4.74 Å². The minimum atomic E-state index is 0.0295. The summed E-state index contributed by atoms with van der Waals surface area (Å²) in [6, 6.07) is 10.1. The third-order valence-corrected chi connectivity index (χ3v) is 3.15. The van der Waals surface area contributed by atoms with E-state index in [-0.39, 0.29) is 5.38 Å². The molecule has 18 heavy (non-hydrogen) atoms. The first kappa shape index (κ1) is 15.5. The molecule has 0 aliphatic rings. The highest BCUT2D eigenvalue weighted by Gasteiger charge is 2.05. The van der Waals surface area contributed by atoms with E-state index in [9.17, 15) is 0 Å². The maximum atomic E-state index is 6.28. The van der Waals surface area contributed by atoms with Gasteiger partial charge in [0.05, 0.1) is 12.0 Å². The predicted octanol–water partition coefficient (Wildman–Crippen LogP) is 3.62. The first-order chi connectivity index (χ1) is 8.70. The van der Waals surface area contributed by atoms with Crippen molar-refractivity contribution >= 4 is 11.6 Å². The second kappa shape index (κ2) is 9.37. The van der Waals surface area contributed by atoms with Crippen LogP contribution in [0.1, 0.15) is 31.2 Å². The fourth-order valence-corrected chi connectivity index (χ4v) is 1.83. The summed E-state index contributed by atoms with van der Waals surface area (Å²) in [5.74, 6) is 0.711. The van der Waals surface area contributed by atoms with Gasteiger partial charge >= 0.3 is 0 Å². The zero-order valence-corrected chi connectivity index (χ0v) is 12.1. The Bertz CT molecular complexity index is 303. The van der Waals surface area contributed by atoms with Crippen molar-refractivity contribution in [2.75, 3.05) is 26.3 Å². The molecular formula is C15H24ClNO. The van der Waals surface area contributed by atoms with Crippen molar-refractivity contribution in [2.24, 2.45) is 5.92 Å². The van der Waals surface area contributed by atoms with Crippen molar-refractivity contribution in [3.8, 4) is 0 Å². The van der Waals surface area contributed by atoms with Crippen LogP contribution < -0.4 is 5.32 Å². The van der Waals surface area contributed by atoms with Crippen LogP contribution in [0, 0.1) is 5.92 Å². The molecule has 0 fully saturated rings. The lowest BCUT2D eigenvalue weighted by Gasteiger charge is -2.11. The van der Waals surface area contributed by atoms with E-state index in [0.717, 1.165) is 38.3 Å². The molecule has 1 unspecified atom stereocenters. The highest BCUT2D eigenvalue weighted by molar-refractivity contribution is 6.21. The number of hydrogen-bond donors (Lipinski definition) is 1. The Morgan fingerprint density at radius 2 is 1.89 bits per heavy atom. The molecule has 1 N–H and O–H groups in total. The van der Waals surface area contributed by atoms with E-state index < -0.39 is 0 Å². The summed E-state index contributed by atoms with van der Waals surface area (Å²) in [4.78, 5) is 0. The van der Waals surface area contributed by atoms with Crippen LogP contribution in [0.3, 0.4) is 0 Å². The first-order valence-corrected chi connectivity index (χ1v) is 7.11. The summed E-state index contributed by atoms with van der Waals surface area (Å²) < 4.78 is 5.53. The molecule has 0 saturated carbocycles. The fourth-order valence-electron chi connectivity index (χ4n) is 1.57. The smallest absolute Gasteiger partial charge is 0.0709 e. The highest BCUT2D eigenvalue weighted by atomic mass is 35.5. The van der Waals surface area contributed by atoms with Gasteiger partial charge in [-0.1, -0.05) is 44.2 Å². The van der Waals surface area contributed by atoms with Crippen LogP contribution in [0.15, 0.2) is 30.3 Å². The Morgan fingerprint density at radius 1 is 1.17 bits per heavy atom. The zero-order valence-electron chi connectivity index (χ0n) is 11.4. The second-order valence-electron chi connectivity index (χ2n) is 4.88. The summed E-state index contributed by atoms with van der Waals surface area (Å²) >= 11 is 6.28. The number of ether oxygens (including phenoxy) is 1. The Balaban J connectivity index is 2.01. The number of nitrogens with one attached hydrogen (secondary N) is 1. The molecule has 0 saturated heterocycles. The van der Waals surface area contributed by atoms with Crippen molar-refractivity contribution in [3.05, 3.63) is 35.9 Å². The van der Waals surface area contributed by atoms with Gasteiger partial charge in [0.2, 0.25) is 0 Å². The normalized spacial score (nSPS) is 12.9. The zero-order chi connectivity index (χ0) is 13.2. The lowest BCUT2D eigenvalue weighted by atomic mass is 10.1. The van der Waals surface area contributed by atoms with Gasteiger partial charge in [-0.25, -0.2) is 0 Å². The molecule has 2 nitrogen and oxygen atoms in total. The minimum Gasteiger partial charge on any atom is -0.380 e. The van der Waals surface area contributed by atoms with Gasteiger partial charge in [0.15, 0.2) is 0 Å². The lowest BCUT2D eigenvalue weighted by molar-refractivity contribution is 0.125. The van der Waals surface area contributed by atoms with Crippen molar-refractivity contribution in [1.29, 1.82) is 0 Å². The Kier molecular flexibility index (Phi) is 8.06. The van der Waals surface area contributed by atoms with Crippen LogP contribution >= 0.6 is 11.6 Å². The SMILES string of the molecule is CC(C)CCOCCNCC(Cl)c1ccccc1. The number of hydrogen-bond acceptors (Lipinski definition) is 2. The maximum Gasteiger partial charge on any atom is 0.0709 e.